The molecule has 176 valence electrons. The second-order valence-electron chi connectivity index (χ2n) is 5.75. The van der Waals surface area contributed by atoms with Crippen LogP contribution in [-0.4, -0.2) is 28.2 Å². The first-order valence-corrected chi connectivity index (χ1v) is 10.2. The fourth-order valence-electron chi connectivity index (χ4n) is 2.16. The maximum absolute atomic E-state index is 14.0. The molecule has 0 radical (unpaired) electrons. The molecule has 2 aromatic heterocycles. The lowest BCUT2D eigenvalue weighted by molar-refractivity contribution is 0.112. The molecule has 0 bridgehead atoms. The van der Waals surface area contributed by atoms with Crippen LogP contribution in [0.2, 0.25) is 5.15 Å². The number of halogens is 5. The summed E-state index contributed by atoms with van der Waals surface area (Å²) in [6.07, 6.45) is 4.06. The average molecular weight is 475 g/mol. The first-order valence-electron chi connectivity index (χ1n) is 9.86. The van der Waals surface area contributed by atoms with Gasteiger partial charge < -0.3 is 10.3 Å². The van der Waals surface area contributed by atoms with Crippen LogP contribution in [0.15, 0.2) is 36.7 Å². The molecule has 3 rings (SSSR count). The van der Waals surface area contributed by atoms with E-state index in [0.29, 0.717) is 12.1 Å². The van der Waals surface area contributed by atoms with Gasteiger partial charge in [0.15, 0.2) is 17.3 Å². The topological polar surface area (TPSA) is 70.7 Å². The second kappa shape index (κ2) is 16.7. The minimum absolute atomic E-state index is 0.00202. The van der Waals surface area contributed by atoms with Crippen LogP contribution in [0.25, 0.3) is 11.4 Å². The van der Waals surface area contributed by atoms with E-state index in [1.165, 1.54) is 12.6 Å². The Hall–Kier alpha value is -2.94. The van der Waals surface area contributed by atoms with Crippen LogP contribution >= 0.6 is 11.6 Å². The monoisotopic (exact) mass is 474 g/mol. The standard InChI is InChI=1S/C16H11ClF2N4O.C3H8.C2H6.CH2F2/c17-15-13(19)14(11(8-24)6-21-15)20-5-9-1-3-10(4-2-9)16-22-7-12(18)23-16;1-3-2;1-2;2-1-3/h1-4,6-8H,5H2,(H,20,21)(H,22,23);3H2,1-2H3;1-2H3;1H2. The molecule has 5 nitrogen and oxygen atoms in total. The number of aromatic amines is 1. The van der Waals surface area contributed by atoms with Gasteiger partial charge in [-0.25, -0.2) is 23.1 Å². The van der Waals surface area contributed by atoms with Crippen molar-refractivity contribution < 1.29 is 22.4 Å². The molecule has 1 aromatic carbocycles. The van der Waals surface area contributed by atoms with E-state index in [9.17, 15) is 22.4 Å². The lowest BCUT2D eigenvalue weighted by atomic mass is 10.1. The van der Waals surface area contributed by atoms with Crippen molar-refractivity contribution in [2.24, 2.45) is 0 Å². The summed E-state index contributed by atoms with van der Waals surface area (Å²) in [6, 6.07) is 7.08. The number of nitrogens with zero attached hydrogens (tertiary/aromatic N) is 2. The molecule has 3 aromatic rings. The molecule has 0 amide bonds. The van der Waals surface area contributed by atoms with Crippen LogP contribution in [0.4, 0.5) is 23.2 Å². The molecule has 0 fully saturated rings. The predicted octanol–water partition coefficient (Wildman–Crippen LogP) is 7.15. The molecule has 2 N–H and O–H groups in total. The molecular weight excluding hydrogens is 448 g/mol. The summed E-state index contributed by atoms with van der Waals surface area (Å²) in [5, 5.41) is 2.53. The highest BCUT2D eigenvalue weighted by Gasteiger charge is 2.13. The fourth-order valence-corrected chi connectivity index (χ4v) is 2.31. The highest BCUT2D eigenvalue weighted by molar-refractivity contribution is 6.30. The van der Waals surface area contributed by atoms with Crippen LogP contribution in [0.5, 0.6) is 0 Å². The summed E-state index contributed by atoms with van der Waals surface area (Å²) in [4.78, 5) is 21.0. The van der Waals surface area contributed by atoms with Crippen molar-refractivity contribution in [1.29, 1.82) is 0 Å². The number of anilines is 1. The number of carbonyl (C=O) groups excluding carboxylic acids is 1. The Labute approximate surface area is 190 Å². The van der Waals surface area contributed by atoms with Crippen molar-refractivity contribution >= 4 is 23.6 Å². The maximum Gasteiger partial charge on any atom is 0.229 e. The number of carbonyl (C=O) groups is 1. The van der Waals surface area contributed by atoms with E-state index in [1.54, 1.807) is 24.3 Å². The summed E-state index contributed by atoms with van der Waals surface area (Å²) < 4.78 is 46.2. The van der Waals surface area contributed by atoms with E-state index >= 15 is 0 Å². The van der Waals surface area contributed by atoms with Gasteiger partial charge in [0.1, 0.15) is 5.82 Å². The highest BCUT2D eigenvalue weighted by atomic mass is 35.5. The zero-order valence-electron chi connectivity index (χ0n) is 18.4. The maximum atomic E-state index is 14.0. The Morgan fingerprint density at radius 1 is 1.06 bits per heavy atom. The molecule has 0 saturated heterocycles. The normalized spacial score (nSPS) is 9.28. The molecule has 32 heavy (non-hydrogen) atoms. The first kappa shape index (κ1) is 29.1. The van der Waals surface area contributed by atoms with Crippen LogP contribution in [0.1, 0.15) is 50.0 Å². The number of rotatable bonds is 5. The quantitative estimate of drug-likeness (QED) is 0.234. The molecular formula is C22H27ClF4N4O. The van der Waals surface area contributed by atoms with Crippen molar-refractivity contribution in [3.05, 3.63) is 64.7 Å². The summed E-state index contributed by atoms with van der Waals surface area (Å²) in [7, 11) is 0. The number of pyridine rings is 1. The summed E-state index contributed by atoms with van der Waals surface area (Å²) in [5.41, 5.74) is 1.63. The second-order valence-corrected chi connectivity index (χ2v) is 6.11. The number of benzene rings is 1. The van der Waals surface area contributed by atoms with Crippen LogP contribution < -0.4 is 5.32 Å². The van der Waals surface area contributed by atoms with Gasteiger partial charge in [0.05, 0.1) is 17.4 Å². The van der Waals surface area contributed by atoms with Gasteiger partial charge in [-0.05, 0) is 5.56 Å². The van der Waals surface area contributed by atoms with Crippen molar-refractivity contribution in [3.63, 3.8) is 0 Å². The molecule has 0 unspecified atom stereocenters. The fraction of sp³-hybridized carbons (Fsp3) is 0.318. The summed E-state index contributed by atoms with van der Waals surface area (Å²) >= 11 is 5.63. The van der Waals surface area contributed by atoms with E-state index in [2.05, 4.69) is 34.1 Å². The Morgan fingerprint density at radius 2 is 1.62 bits per heavy atom. The van der Waals surface area contributed by atoms with Crippen molar-refractivity contribution in [3.8, 4) is 11.4 Å². The predicted molar refractivity (Wildman–Crippen MR) is 120 cm³/mol. The van der Waals surface area contributed by atoms with Crippen molar-refractivity contribution in [2.75, 3.05) is 12.2 Å². The molecule has 0 aliphatic rings. The first-order chi connectivity index (χ1) is 15.4. The molecule has 0 spiro atoms. The minimum atomic E-state index is -1.75. The van der Waals surface area contributed by atoms with Gasteiger partial charge in [0.2, 0.25) is 12.9 Å². The lowest BCUT2D eigenvalue weighted by Gasteiger charge is -2.10. The number of hydrogen-bond donors (Lipinski definition) is 2. The molecule has 0 atom stereocenters. The molecule has 10 heteroatoms. The largest absolute Gasteiger partial charge is 0.378 e. The number of H-pyrrole nitrogens is 1. The molecule has 2 heterocycles. The van der Waals surface area contributed by atoms with Gasteiger partial charge in [-0.1, -0.05) is 70.0 Å². The minimum Gasteiger partial charge on any atom is -0.378 e. The van der Waals surface area contributed by atoms with Gasteiger partial charge in [0.25, 0.3) is 0 Å². The molecule has 0 saturated carbocycles. The average Bonchev–Trinajstić information content (AvgIpc) is 3.24. The number of alkyl halides is 2. The third-order valence-corrected chi connectivity index (χ3v) is 3.64. The molecule has 0 aliphatic carbocycles. The van der Waals surface area contributed by atoms with E-state index < -0.39 is 18.7 Å². The zero-order chi connectivity index (χ0) is 24.5. The molecule has 0 aliphatic heterocycles. The summed E-state index contributed by atoms with van der Waals surface area (Å²) in [6.45, 7) is 6.77. The van der Waals surface area contributed by atoms with E-state index in [4.69, 9.17) is 11.6 Å². The highest BCUT2D eigenvalue weighted by Crippen LogP contribution is 2.24. The van der Waals surface area contributed by atoms with Gasteiger partial charge in [-0.2, -0.15) is 4.39 Å². The third kappa shape index (κ3) is 9.47. The number of nitrogens with one attached hydrogen (secondary N) is 2. The number of hydrogen-bond acceptors (Lipinski definition) is 4. The van der Waals surface area contributed by atoms with E-state index in [0.717, 1.165) is 17.3 Å². The lowest BCUT2D eigenvalue weighted by Crippen LogP contribution is -2.06. The van der Waals surface area contributed by atoms with Gasteiger partial charge in [-0.15, -0.1) is 0 Å². The van der Waals surface area contributed by atoms with Crippen LogP contribution in [0, 0.1) is 11.8 Å². The Bertz CT molecular complexity index is 919. The van der Waals surface area contributed by atoms with Crippen molar-refractivity contribution in [2.45, 2.75) is 40.7 Å². The smallest absolute Gasteiger partial charge is 0.229 e. The SMILES string of the molecule is CC.CCC.FCF.O=Cc1cnc(Cl)c(F)c1NCc1ccc(-c2ncc(F)[nH]2)cc1. The van der Waals surface area contributed by atoms with Crippen LogP contribution in [-0.2, 0) is 6.54 Å². The van der Waals surface area contributed by atoms with Gasteiger partial charge in [0, 0.05) is 18.3 Å². The number of aromatic nitrogens is 3. The van der Waals surface area contributed by atoms with Crippen LogP contribution in [0.3, 0.4) is 0 Å². The Kier molecular flexibility index (Phi) is 15.2. The van der Waals surface area contributed by atoms with Crippen molar-refractivity contribution in [1.82, 2.24) is 15.0 Å². The third-order valence-electron chi connectivity index (χ3n) is 3.37. The summed E-state index contributed by atoms with van der Waals surface area (Å²) in [5.74, 6) is -0.867. The Balaban J connectivity index is 0.00000106. The number of imidazole rings is 1. The Morgan fingerprint density at radius 3 is 2.09 bits per heavy atom. The van der Waals surface area contributed by atoms with E-state index in [-0.39, 0.29) is 22.9 Å². The number of aldehydes is 1. The van der Waals surface area contributed by atoms with Gasteiger partial charge >= 0.3 is 0 Å². The van der Waals surface area contributed by atoms with E-state index in [1.807, 2.05) is 13.8 Å². The zero-order valence-corrected chi connectivity index (χ0v) is 19.1. The van der Waals surface area contributed by atoms with Gasteiger partial charge in [-0.3, -0.25) is 4.79 Å².